The maximum absolute atomic E-state index is 13.5. The maximum Gasteiger partial charge on any atom is 0.160 e. The molecule has 0 amide bonds. The minimum atomic E-state index is -0.217. The number of aromatic nitrogens is 2. The second-order valence-corrected chi connectivity index (χ2v) is 8.96. The molecule has 0 radical (unpaired) electrons. The summed E-state index contributed by atoms with van der Waals surface area (Å²) in [6.45, 7) is 6.52. The highest BCUT2D eigenvalue weighted by atomic mass is 32.2. The molecular formula is C24H25FN4S. The van der Waals surface area contributed by atoms with Crippen LogP contribution in [0.3, 0.4) is 0 Å². The number of nitrogens with zero attached hydrogens (tertiary/aromatic N) is 4. The maximum atomic E-state index is 13.5. The Balaban J connectivity index is 1.63. The smallest absolute Gasteiger partial charge is 0.160 e. The van der Waals surface area contributed by atoms with E-state index in [-0.39, 0.29) is 17.9 Å². The fourth-order valence-electron chi connectivity index (χ4n) is 4.76. The SMILES string of the molecule is CC[C@@H]1CSC2=N[C@H](c3ccccn3)[C@H](c3cc(C)n(-c4ccc(F)cc4)c3C)N21. The molecule has 154 valence electrons. The lowest BCUT2D eigenvalue weighted by Gasteiger charge is -2.32. The van der Waals surface area contributed by atoms with E-state index >= 15 is 0 Å². The number of amidine groups is 1. The molecule has 5 rings (SSSR count). The topological polar surface area (TPSA) is 33.4 Å². The second kappa shape index (κ2) is 7.58. The second-order valence-electron chi connectivity index (χ2n) is 7.97. The van der Waals surface area contributed by atoms with Gasteiger partial charge >= 0.3 is 0 Å². The lowest BCUT2D eigenvalue weighted by molar-refractivity contribution is 0.254. The highest BCUT2D eigenvalue weighted by Crippen LogP contribution is 2.49. The van der Waals surface area contributed by atoms with Crippen molar-refractivity contribution in [3.63, 3.8) is 0 Å². The van der Waals surface area contributed by atoms with Crippen LogP contribution in [-0.2, 0) is 0 Å². The van der Waals surface area contributed by atoms with Crippen LogP contribution < -0.4 is 0 Å². The van der Waals surface area contributed by atoms with Crippen LogP contribution in [0.4, 0.5) is 4.39 Å². The molecule has 30 heavy (non-hydrogen) atoms. The van der Waals surface area contributed by atoms with Gasteiger partial charge in [0.05, 0.1) is 11.7 Å². The minimum Gasteiger partial charge on any atom is -0.338 e. The first-order valence-electron chi connectivity index (χ1n) is 10.4. The van der Waals surface area contributed by atoms with Crippen LogP contribution in [0.2, 0.25) is 0 Å². The van der Waals surface area contributed by atoms with Crippen LogP contribution in [0.15, 0.2) is 59.7 Å². The van der Waals surface area contributed by atoms with Crippen molar-refractivity contribution in [1.29, 1.82) is 0 Å². The molecule has 0 saturated carbocycles. The highest BCUT2D eigenvalue weighted by Gasteiger charge is 2.46. The third-order valence-electron chi connectivity index (χ3n) is 6.20. The largest absolute Gasteiger partial charge is 0.338 e. The van der Waals surface area contributed by atoms with Gasteiger partial charge in [-0.3, -0.25) is 9.98 Å². The summed E-state index contributed by atoms with van der Waals surface area (Å²) in [5.74, 6) is 0.864. The molecule has 1 aromatic carbocycles. The van der Waals surface area contributed by atoms with Crippen LogP contribution in [0.25, 0.3) is 5.69 Å². The first-order valence-corrected chi connectivity index (χ1v) is 11.4. The van der Waals surface area contributed by atoms with Crippen LogP contribution in [0.5, 0.6) is 0 Å². The number of hydrogen-bond donors (Lipinski definition) is 0. The number of aryl methyl sites for hydroxylation is 1. The third kappa shape index (κ3) is 3.05. The number of hydrogen-bond acceptors (Lipinski definition) is 4. The standard InChI is InChI=1S/C24H25FN4S/c1-4-18-14-30-24-27-22(21-7-5-6-12-26-21)23(29(18)24)20-13-15(2)28(16(20)3)19-10-8-17(25)9-11-19/h5-13,18,22-23H,4,14H2,1-3H3/t18-,22-,23+/m1/s1. The van der Waals surface area contributed by atoms with Crippen molar-refractivity contribution in [2.75, 3.05) is 5.75 Å². The molecule has 1 saturated heterocycles. The first-order chi connectivity index (χ1) is 14.6. The van der Waals surface area contributed by atoms with Crippen molar-refractivity contribution in [2.24, 2.45) is 4.99 Å². The zero-order chi connectivity index (χ0) is 20.8. The molecule has 2 aromatic heterocycles. The molecule has 0 aliphatic carbocycles. The van der Waals surface area contributed by atoms with Crippen molar-refractivity contribution in [3.8, 4) is 5.69 Å². The number of pyridine rings is 1. The zero-order valence-corrected chi connectivity index (χ0v) is 18.2. The molecule has 4 heterocycles. The van der Waals surface area contributed by atoms with Gasteiger partial charge in [0.25, 0.3) is 0 Å². The van der Waals surface area contributed by atoms with E-state index in [1.54, 1.807) is 0 Å². The van der Waals surface area contributed by atoms with Crippen LogP contribution in [0.1, 0.15) is 48.1 Å². The number of rotatable bonds is 4. The Bertz CT molecular complexity index is 1090. The summed E-state index contributed by atoms with van der Waals surface area (Å²) in [6.07, 6.45) is 2.94. The summed E-state index contributed by atoms with van der Waals surface area (Å²) in [6, 6.07) is 15.6. The van der Waals surface area contributed by atoms with E-state index in [1.165, 1.54) is 23.4 Å². The Hall–Kier alpha value is -2.60. The van der Waals surface area contributed by atoms with Gasteiger partial charge in [-0.15, -0.1) is 0 Å². The van der Waals surface area contributed by atoms with Crippen LogP contribution in [-0.4, -0.2) is 31.4 Å². The first kappa shape index (κ1) is 19.4. The van der Waals surface area contributed by atoms with E-state index < -0.39 is 0 Å². The van der Waals surface area contributed by atoms with Crippen LogP contribution in [0, 0.1) is 19.7 Å². The third-order valence-corrected chi connectivity index (χ3v) is 7.33. The average Bonchev–Trinajstić information content (AvgIpc) is 3.41. The van der Waals surface area contributed by atoms with E-state index in [2.05, 4.69) is 47.4 Å². The Kier molecular flexibility index (Phi) is 4.89. The number of aliphatic imine (C=N–C) groups is 1. The summed E-state index contributed by atoms with van der Waals surface area (Å²) in [5.41, 5.74) is 5.57. The number of benzene rings is 1. The Morgan fingerprint density at radius 3 is 2.63 bits per heavy atom. The summed E-state index contributed by atoms with van der Waals surface area (Å²) in [5, 5.41) is 1.13. The van der Waals surface area contributed by atoms with E-state index in [4.69, 9.17) is 4.99 Å². The zero-order valence-electron chi connectivity index (χ0n) is 17.4. The van der Waals surface area contributed by atoms with Crippen molar-refractivity contribution < 1.29 is 4.39 Å². The molecule has 0 spiro atoms. The molecule has 0 N–H and O–H groups in total. The quantitative estimate of drug-likeness (QED) is 0.550. The molecule has 3 atom stereocenters. The molecule has 0 unspecified atom stereocenters. The van der Waals surface area contributed by atoms with E-state index in [1.807, 2.05) is 42.2 Å². The van der Waals surface area contributed by atoms with Gasteiger partial charge in [0.1, 0.15) is 11.9 Å². The normalized spacial score (nSPS) is 23.0. The predicted molar refractivity (Wildman–Crippen MR) is 121 cm³/mol. The van der Waals surface area contributed by atoms with Crippen molar-refractivity contribution in [2.45, 2.75) is 45.3 Å². The Labute approximate surface area is 180 Å². The predicted octanol–water partition coefficient (Wildman–Crippen LogP) is 5.61. The number of thioether (sulfide) groups is 1. The van der Waals surface area contributed by atoms with E-state index in [0.717, 1.165) is 34.4 Å². The molecular weight excluding hydrogens is 395 g/mol. The molecule has 0 bridgehead atoms. The number of fused-ring (bicyclic) bond motifs is 1. The molecule has 1 fully saturated rings. The van der Waals surface area contributed by atoms with Crippen molar-refractivity contribution in [3.05, 3.63) is 83.2 Å². The van der Waals surface area contributed by atoms with Crippen LogP contribution >= 0.6 is 11.8 Å². The van der Waals surface area contributed by atoms with Gasteiger partial charge < -0.3 is 9.47 Å². The van der Waals surface area contributed by atoms with Gasteiger partial charge in [-0.1, -0.05) is 24.8 Å². The van der Waals surface area contributed by atoms with Gasteiger partial charge in [-0.05, 0) is 68.3 Å². The molecule has 6 heteroatoms. The van der Waals surface area contributed by atoms with Crippen molar-refractivity contribution >= 4 is 16.9 Å². The van der Waals surface area contributed by atoms with Gasteiger partial charge in [0.2, 0.25) is 0 Å². The fraction of sp³-hybridized carbons (Fsp3) is 0.333. The van der Waals surface area contributed by atoms with Crippen molar-refractivity contribution in [1.82, 2.24) is 14.5 Å². The lowest BCUT2D eigenvalue weighted by Crippen LogP contribution is -2.35. The van der Waals surface area contributed by atoms with Gasteiger partial charge in [-0.25, -0.2) is 4.39 Å². The summed E-state index contributed by atoms with van der Waals surface area (Å²) >= 11 is 1.86. The highest BCUT2D eigenvalue weighted by molar-refractivity contribution is 8.14. The number of halogens is 1. The van der Waals surface area contributed by atoms with Gasteiger partial charge in [0, 0.05) is 35.1 Å². The summed E-state index contributed by atoms with van der Waals surface area (Å²) < 4.78 is 15.7. The Morgan fingerprint density at radius 2 is 1.93 bits per heavy atom. The average molecular weight is 421 g/mol. The Morgan fingerprint density at radius 1 is 1.13 bits per heavy atom. The van der Waals surface area contributed by atoms with E-state index in [0.29, 0.717) is 6.04 Å². The molecule has 2 aliphatic heterocycles. The lowest BCUT2D eigenvalue weighted by atomic mass is 9.95. The molecule has 3 aromatic rings. The van der Waals surface area contributed by atoms with Gasteiger partial charge in [0.15, 0.2) is 5.17 Å². The molecule has 2 aliphatic rings. The summed E-state index contributed by atoms with van der Waals surface area (Å²) in [4.78, 5) is 12.3. The molecule has 4 nitrogen and oxygen atoms in total. The summed E-state index contributed by atoms with van der Waals surface area (Å²) in [7, 11) is 0. The monoisotopic (exact) mass is 420 g/mol. The minimum absolute atomic E-state index is 0.0229. The van der Waals surface area contributed by atoms with E-state index in [9.17, 15) is 4.39 Å². The fourth-order valence-corrected chi connectivity index (χ4v) is 6.10. The van der Waals surface area contributed by atoms with Gasteiger partial charge in [-0.2, -0.15) is 0 Å².